The lowest BCUT2D eigenvalue weighted by molar-refractivity contribution is -0.135. The Morgan fingerprint density at radius 1 is 1.15 bits per heavy atom. The molecule has 2 aliphatic rings. The van der Waals surface area contributed by atoms with E-state index in [0.29, 0.717) is 71.7 Å². The van der Waals surface area contributed by atoms with Gasteiger partial charge in [-0.3, -0.25) is 9.78 Å². The summed E-state index contributed by atoms with van der Waals surface area (Å²) >= 11 is 6.79. The van der Waals surface area contributed by atoms with Crippen molar-refractivity contribution < 1.29 is 19.4 Å². The van der Waals surface area contributed by atoms with Crippen LogP contribution in [0.4, 0.5) is 0 Å². The second-order valence-corrected chi connectivity index (χ2v) is 11.2. The number of imidazole rings is 1. The van der Waals surface area contributed by atoms with Gasteiger partial charge in [0.25, 0.3) is 5.91 Å². The molecule has 0 unspecified atom stereocenters. The highest BCUT2D eigenvalue weighted by molar-refractivity contribution is 6.33. The number of hydrogen-bond acceptors (Lipinski definition) is 8. The van der Waals surface area contributed by atoms with Gasteiger partial charge in [-0.2, -0.15) is 4.98 Å². The summed E-state index contributed by atoms with van der Waals surface area (Å²) in [5, 5.41) is 10.1. The first kappa shape index (κ1) is 26.5. The minimum atomic E-state index is -0.340. The normalized spacial score (nSPS) is 16.8. The Balaban J connectivity index is 1.31. The average molecular weight is 563 g/mol. The number of benzene rings is 1. The zero-order valence-electron chi connectivity index (χ0n) is 22.5. The van der Waals surface area contributed by atoms with Crippen molar-refractivity contribution in [2.45, 2.75) is 57.8 Å². The molecule has 11 heteroatoms. The van der Waals surface area contributed by atoms with Gasteiger partial charge in [0.1, 0.15) is 23.5 Å². The number of aryl methyl sites for hydroxylation is 1. The Bertz CT molecular complexity index is 1560. The van der Waals surface area contributed by atoms with Crippen LogP contribution in [0, 0.1) is 6.92 Å². The molecule has 1 aromatic carbocycles. The fraction of sp³-hybridized carbons (Fsp3) is 0.414. The number of amides is 1. The van der Waals surface area contributed by atoms with Crippen LogP contribution in [0.15, 0.2) is 42.9 Å². The zero-order valence-corrected chi connectivity index (χ0v) is 23.3. The molecule has 3 aromatic heterocycles. The van der Waals surface area contributed by atoms with Gasteiger partial charge in [0.05, 0.1) is 23.4 Å². The van der Waals surface area contributed by atoms with Gasteiger partial charge >= 0.3 is 0 Å². The van der Waals surface area contributed by atoms with Crippen molar-refractivity contribution in [1.82, 2.24) is 29.4 Å². The van der Waals surface area contributed by atoms with Crippen LogP contribution >= 0.6 is 11.6 Å². The topological polar surface area (TPSA) is 115 Å². The lowest BCUT2D eigenvalue weighted by Gasteiger charge is -2.29. The first-order valence-electron chi connectivity index (χ1n) is 13.5. The first-order valence-corrected chi connectivity index (χ1v) is 13.9. The molecule has 1 aliphatic heterocycles. The fourth-order valence-corrected chi connectivity index (χ4v) is 5.08. The van der Waals surface area contributed by atoms with Crippen LogP contribution in [0.1, 0.15) is 43.9 Å². The van der Waals surface area contributed by atoms with E-state index >= 15 is 0 Å². The third kappa shape index (κ3) is 5.59. The SMILES string of the molecule is Cc1ccnc(Cn2c(-c3ccc(OCC(=O)N4CCC(O)CC4)cc3Cl)nc3c(OC4(C)CC4)ncnc32)c1. The second-order valence-electron chi connectivity index (χ2n) is 10.8. The van der Waals surface area contributed by atoms with Crippen LogP contribution in [0.5, 0.6) is 11.6 Å². The van der Waals surface area contributed by atoms with Crippen molar-refractivity contribution in [3.05, 3.63) is 59.1 Å². The number of aliphatic hydroxyl groups is 1. The molecule has 0 bridgehead atoms. The highest BCUT2D eigenvalue weighted by Gasteiger charge is 2.41. The van der Waals surface area contributed by atoms with Gasteiger partial charge in [-0.25, -0.2) is 9.97 Å². The van der Waals surface area contributed by atoms with Gasteiger partial charge in [0.15, 0.2) is 17.8 Å². The highest BCUT2D eigenvalue weighted by atomic mass is 35.5. The molecule has 0 atom stereocenters. The van der Waals surface area contributed by atoms with Gasteiger partial charge in [-0.05, 0) is 75.4 Å². The Hall–Kier alpha value is -3.76. The maximum absolute atomic E-state index is 12.6. The van der Waals surface area contributed by atoms with Crippen molar-refractivity contribution in [3.63, 3.8) is 0 Å². The van der Waals surface area contributed by atoms with Crippen molar-refractivity contribution in [2.24, 2.45) is 0 Å². The Morgan fingerprint density at radius 2 is 1.95 bits per heavy atom. The van der Waals surface area contributed by atoms with Gasteiger partial charge in [-0.1, -0.05) is 11.6 Å². The van der Waals surface area contributed by atoms with Gasteiger partial charge in [-0.15, -0.1) is 0 Å². The van der Waals surface area contributed by atoms with E-state index in [-0.39, 0.29) is 24.2 Å². The molecule has 1 saturated heterocycles. The molecule has 208 valence electrons. The Kier molecular flexibility index (Phi) is 7.06. The van der Waals surface area contributed by atoms with E-state index in [2.05, 4.69) is 21.9 Å². The summed E-state index contributed by atoms with van der Waals surface area (Å²) in [4.78, 5) is 32.7. The number of fused-ring (bicyclic) bond motifs is 1. The van der Waals surface area contributed by atoms with Crippen LogP contribution < -0.4 is 9.47 Å². The van der Waals surface area contributed by atoms with E-state index in [0.717, 1.165) is 24.1 Å². The molecule has 6 rings (SSSR count). The smallest absolute Gasteiger partial charge is 0.260 e. The summed E-state index contributed by atoms with van der Waals surface area (Å²) in [6.45, 7) is 5.47. The van der Waals surface area contributed by atoms with E-state index in [1.54, 1.807) is 23.2 Å². The molecule has 0 spiro atoms. The molecule has 1 amide bonds. The molecular weight excluding hydrogens is 532 g/mol. The van der Waals surface area contributed by atoms with Gasteiger partial charge in [0, 0.05) is 24.8 Å². The second kappa shape index (κ2) is 10.7. The third-order valence-corrected chi connectivity index (χ3v) is 7.76. The number of pyridine rings is 1. The summed E-state index contributed by atoms with van der Waals surface area (Å²) in [6, 6.07) is 9.27. The maximum atomic E-state index is 12.6. The van der Waals surface area contributed by atoms with E-state index in [9.17, 15) is 9.90 Å². The summed E-state index contributed by atoms with van der Waals surface area (Å²) in [7, 11) is 0. The zero-order chi connectivity index (χ0) is 27.9. The number of nitrogens with zero attached hydrogens (tertiary/aromatic N) is 6. The molecule has 40 heavy (non-hydrogen) atoms. The average Bonchev–Trinajstić information content (AvgIpc) is 3.55. The summed E-state index contributed by atoms with van der Waals surface area (Å²) in [5.74, 6) is 1.41. The predicted molar refractivity (Wildman–Crippen MR) is 149 cm³/mol. The standard InChI is InChI=1S/C29H31ClN6O4/c1-18-5-10-31-19(13-18)15-36-26(34-25-27(36)32-17-33-28(25)40-29(2)8-9-29)22-4-3-21(14-23(22)30)39-16-24(38)35-11-6-20(37)7-12-35/h3-5,10,13-14,17,20,37H,6-9,11-12,15-16H2,1-2H3. The molecule has 4 aromatic rings. The van der Waals surface area contributed by atoms with Crippen LogP contribution in [0.2, 0.25) is 5.02 Å². The molecule has 1 aliphatic carbocycles. The largest absolute Gasteiger partial charge is 0.484 e. The van der Waals surface area contributed by atoms with Crippen LogP contribution in [0.3, 0.4) is 0 Å². The number of carbonyl (C=O) groups is 1. The van der Waals surface area contributed by atoms with Crippen molar-refractivity contribution in [3.8, 4) is 23.0 Å². The number of ether oxygens (including phenoxy) is 2. The number of aliphatic hydroxyl groups excluding tert-OH is 1. The molecule has 1 saturated carbocycles. The van der Waals surface area contributed by atoms with Crippen LogP contribution in [-0.2, 0) is 11.3 Å². The molecule has 1 N–H and O–H groups in total. The number of piperidine rings is 1. The summed E-state index contributed by atoms with van der Waals surface area (Å²) in [6.07, 6.45) is 6.04. The number of hydrogen-bond donors (Lipinski definition) is 1. The lowest BCUT2D eigenvalue weighted by Crippen LogP contribution is -2.42. The highest BCUT2D eigenvalue weighted by Crippen LogP contribution is 2.41. The summed E-state index contributed by atoms with van der Waals surface area (Å²) < 4.78 is 14.0. The molecule has 0 radical (unpaired) electrons. The van der Waals surface area contributed by atoms with Crippen molar-refractivity contribution in [1.29, 1.82) is 0 Å². The summed E-state index contributed by atoms with van der Waals surface area (Å²) in [5.41, 5.74) is 3.60. The molecule has 2 fully saturated rings. The third-order valence-electron chi connectivity index (χ3n) is 7.45. The number of carbonyl (C=O) groups excluding carboxylic acids is 1. The molecular formula is C29H31ClN6O4. The van der Waals surface area contributed by atoms with Gasteiger partial charge in [0.2, 0.25) is 5.88 Å². The Morgan fingerprint density at radius 3 is 2.67 bits per heavy atom. The number of rotatable bonds is 8. The maximum Gasteiger partial charge on any atom is 0.260 e. The number of aromatic nitrogens is 5. The van der Waals surface area contributed by atoms with E-state index in [1.165, 1.54) is 6.33 Å². The minimum Gasteiger partial charge on any atom is -0.484 e. The number of likely N-dealkylation sites (tertiary alicyclic amines) is 1. The lowest BCUT2D eigenvalue weighted by atomic mass is 10.1. The van der Waals surface area contributed by atoms with Crippen LogP contribution in [0.25, 0.3) is 22.6 Å². The van der Waals surface area contributed by atoms with Crippen molar-refractivity contribution in [2.75, 3.05) is 19.7 Å². The van der Waals surface area contributed by atoms with E-state index in [4.69, 9.17) is 26.1 Å². The molecule has 4 heterocycles. The van der Waals surface area contributed by atoms with E-state index < -0.39 is 0 Å². The monoisotopic (exact) mass is 562 g/mol. The molecule has 10 nitrogen and oxygen atoms in total. The predicted octanol–water partition coefficient (Wildman–Crippen LogP) is 4.19. The Labute approximate surface area is 237 Å². The van der Waals surface area contributed by atoms with Crippen molar-refractivity contribution >= 4 is 28.7 Å². The fourth-order valence-electron chi connectivity index (χ4n) is 4.82. The van der Waals surface area contributed by atoms with Gasteiger partial charge < -0.3 is 24.0 Å². The van der Waals surface area contributed by atoms with Crippen LogP contribution in [-0.4, -0.2) is 71.8 Å². The minimum absolute atomic E-state index is 0.0988. The number of halogens is 1. The first-order chi connectivity index (χ1) is 19.3. The van der Waals surface area contributed by atoms with E-state index in [1.807, 2.05) is 29.7 Å². The quantitative estimate of drug-likeness (QED) is 0.340.